The molecule has 2 amide bonds. The number of rotatable bonds is 4. The number of amides is 2. The van der Waals surface area contributed by atoms with Crippen molar-refractivity contribution in [3.8, 4) is 0 Å². The average molecular weight is 307 g/mol. The van der Waals surface area contributed by atoms with Crippen molar-refractivity contribution in [3.63, 3.8) is 0 Å². The second-order valence-corrected chi connectivity index (χ2v) is 7.38. The number of likely N-dealkylation sites (tertiary alicyclic amines) is 1. The fraction of sp³-hybridized carbons (Fsp3) is 0.882. The Morgan fingerprint density at radius 2 is 2.00 bits per heavy atom. The maximum atomic E-state index is 12.9. The summed E-state index contributed by atoms with van der Waals surface area (Å²) in [6.45, 7) is 3.49. The van der Waals surface area contributed by atoms with E-state index in [9.17, 15) is 9.59 Å². The molecule has 2 saturated carbocycles. The topological polar surface area (TPSA) is 75.4 Å². The van der Waals surface area contributed by atoms with Gasteiger partial charge in [-0.1, -0.05) is 6.92 Å². The van der Waals surface area contributed by atoms with Crippen molar-refractivity contribution >= 4 is 11.8 Å². The SMILES string of the molecule is CCCC(=O)NC1CCCN(C(=O)C2C3CCC(C3)C2N)C1. The zero-order valence-corrected chi connectivity index (χ0v) is 13.6. The lowest BCUT2D eigenvalue weighted by Gasteiger charge is -2.37. The minimum absolute atomic E-state index is 0.0313. The highest BCUT2D eigenvalue weighted by Crippen LogP contribution is 2.48. The molecule has 2 bridgehead atoms. The van der Waals surface area contributed by atoms with Crippen molar-refractivity contribution in [1.29, 1.82) is 0 Å². The number of nitrogens with two attached hydrogens (primary N) is 1. The highest BCUT2D eigenvalue weighted by atomic mass is 16.2. The fourth-order valence-corrected chi connectivity index (χ4v) is 4.74. The van der Waals surface area contributed by atoms with E-state index in [4.69, 9.17) is 5.73 Å². The Hall–Kier alpha value is -1.10. The molecule has 1 saturated heterocycles. The molecule has 0 aromatic rings. The maximum Gasteiger partial charge on any atom is 0.227 e. The van der Waals surface area contributed by atoms with Crippen LogP contribution in [0.5, 0.6) is 0 Å². The van der Waals surface area contributed by atoms with E-state index in [0.717, 1.165) is 32.2 Å². The van der Waals surface area contributed by atoms with Crippen molar-refractivity contribution in [2.45, 2.75) is 64.0 Å². The average Bonchev–Trinajstić information content (AvgIpc) is 3.08. The van der Waals surface area contributed by atoms with E-state index >= 15 is 0 Å². The number of nitrogens with zero attached hydrogens (tertiary/aromatic N) is 1. The van der Waals surface area contributed by atoms with Gasteiger partial charge < -0.3 is 16.0 Å². The molecule has 3 rings (SSSR count). The highest BCUT2D eigenvalue weighted by molar-refractivity contribution is 5.81. The molecule has 0 aromatic carbocycles. The molecule has 124 valence electrons. The van der Waals surface area contributed by atoms with Crippen molar-refractivity contribution in [1.82, 2.24) is 10.2 Å². The van der Waals surface area contributed by atoms with Crippen LogP contribution in [0, 0.1) is 17.8 Å². The van der Waals surface area contributed by atoms with Gasteiger partial charge in [0.25, 0.3) is 0 Å². The zero-order chi connectivity index (χ0) is 15.7. The highest BCUT2D eigenvalue weighted by Gasteiger charge is 2.50. The van der Waals surface area contributed by atoms with Crippen LogP contribution in [-0.2, 0) is 9.59 Å². The van der Waals surface area contributed by atoms with Crippen LogP contribution >= 0.6 is 0 Å². The number of fused-ring (bicyclic) bond motifs is 2. The summed E-state index contributed by atoms with van der Waals surface area (Å²) < 4.78 is 0. The smallest absolute Gasteiger partial charge is 0.227 e. The van der Waals surface area contributed by atoms with Crippen LogP contribution in [-0.4, -0.2) is 41.9 Å². The normalized spacial score (nSPS) is 37.4. The van der Waals surface area contributed by atoms with Gasteiger partial charge in [-0.05, 0) is 50.4 Å². The van der Waals surface area contributed by atoms with Crippen LogP contribution in [0.1, 0.15) is 51.9 Å². The van der Waals surface area contributed by atoms with Gasteiger partial charge in [0.2, 0.25) is 11.8 Å². The third-order valence-corrected chi connectivity index (χ3v) is 5.84. The predicted octanol–water partition coefficient (Wildman–Crippen LogP) is 1.27. The second kappa shape index (κ2) is 6.57. The summed E-state index contributed by atoms with van der Waals surface area (Å²) in [5.41, 5.74) is 6.31. The van der Waals surface area contributed by atoms with E-state index in [1.807, 2.05) is 11.8 Å². The minimum atomic E-state index is 0.0313. The predicted molar refractivity (Wildman–Crippen MR) is 84.9 cm³/mol. The van der Waals surface area contributed by atoms with E-state index in [1.54, 1.807) is 0 Å². The first-order valence-corrected chi connectivity index (χ1v) is 8.94. The minimum Gasteiger partial charge on any atom is -0.352 e. The Balaban J connectivity index is 1.57. The summed E-state index contributed by atoms with van der Waals surface area (Å²) in [7, 11) is 0. The molecule has 0 radical (unpaired) electrons. The summed E-state index contributed by atoms with van der Waals surface area (Å²) in [5, 5.41) is 3.08. The molecule has 1 aliphatic heterocycles. The van der Waals surface area contributed by atoms with E-state index in [2.05, 4.69) is 5.32 Å². The quantitative estimate of drug-likeness (QED) is 0.821. The molecular weight excluding hydrogens is 278 g/mol. The van der Waals surface area contributed by atoms with Gasteiger partial charge in [0.15, 0.2) is 0 Å². The Kier molecular flexibility index (Phi) is 4.71. The van der Waals surface area contributed by atoms with Gasteiger partial charge in [-0.25, -0.2) is 0 Å². The molecule has 2 aliphatic carbocycles. The van der Waals surface area contributed by atoms with Crippen LogP contribution < -0.4 is 11.1 Å². The molecule has 0 spiro atoms. The first kappa shape index (κ1) is 15.8. The van der Waals surface area contributed by atoms with Crippen molar-refractivity contribution in [2.75, 3.05) is 13.1 Å². The van der Waals surface area contributed by atoms with E-state index in [0.29, 0.717) is 24.8 Å². The second-order valence-electron chi connectivity index (χ2n) is 7.38. The molecule has 5 heteroatoms. The molecule has 1 heterocycles. The fourth-order valence-electron chi connectivity index (χ4n) is 4.74. The number of carbonyl (C=O) groups excluding carboxylic acids is 2. The monoisotopic (exact) mass is 307 g/mol. The largest absolute Gasteiger partial charge is 0.352 e. The van der Waals surface area contributed by atoms with E-state index in [-0.39, 0.29) is 29.8 Å². The molecule has 3 fully saturated rings. The molecule has 5 unspecified atom stereocenters. The molecule has 22 heavy (non-hydrogen) atoms. The zero-order valence-electron chi connectivity index (χ0n) is 13.6. The third kappa shape index (κ3) is 3.00. The van der Waals surface area contributed by atoms with Crippen molar-refractivity contribution in [3.05, 3.63) is 0 Å². The van der Waals surface area contributed by atoms with Gasteiger partial charge in [-0.15, -0.1) is 0 Å². The summed E-state index contributed by atoms with van der Waals surface area (Å²) >= 11 is 0. The lowest BCUT2D eigenvalue weighted by Crippen LogP contribution is -2.54. The number of nitrogens with one attached hydrogen (secondary N) is 1. The number of hydrogen-bond acceptors (Lipinski definition) is 3. The van der Waals surface area contributed by atoms with Gasteiger partial charge in [-0.3, -0.25) is 9.59 Å². The van der Waals surface area contributed by atoms with Crippen LogP contribution in [0.2, 0.25) is 0 Å². The standard InChI is InChI=1S/C17H29N3O2/c1-2-4-14(21)19-13-5-3-8-20(10-13)17(22)15-11-6-7-12(9-11)16(15)18/h11-13,15-16H,2-10,18H2,1H3,(H,19,21). The van der Waals surface area contributed by atoms with Crippen LogP contribution in [0.4, 0.5) is 0 Å². The van der Waals surface area contributed by atoms with E-state index in [1.165, 1.54) is 12.8 Å². The van der Waals surface area contributed by atoms with Gasteiger partial charge >= 0.3 is 0 Å². The van der Waals surface area contributed by atoms with Crippen molar-refractivity contribution < 1.29 is 9.59 Å². The Bertz CT molecular complexity index is 438. The van der Waals surface area contributed by atoms with E-state index < -0.39 is 0 Å². The molecule has 5 nitrogen and oxygen atoms in total. The van der Waals surface area contributed by atoms with Crippen LogP contribution in [0.3, 0.4) is 0 Å². The van der Waals surface area contributed by atoms with Gasteiger partial charge in [0, 0.05) is 31.6 Å². The summed E-state index contributed by atoms with van der Waals surface area (Å²) in [5.74, 6) is 1.45. The van der Waals surface area contributed by atoms with Crippen LogP contribution in [0.25, 0.3) is 0 Å². The third-order valence-electron chi connectivity index (χ3n) is 5.84. The van der Waals surface area contributed by atoms with Gasteiger partial charge in [0.05, 0.1) is 5.92 Å². The lowest BCUT2D eigenvalue weighted by atomic mass is 9.83. The van der Waals surface area contributed by atoms with Crippen molar-refractivity contribution in [2.24, 2.45) is 23.5 Å². The molecule has 5 atom stereocenters. The van der Waals surface area contributed by atoms with Crippen LogP contribution in [0.15, 0.2) is 0 Å². The summed E-state index contributed by atoms with van der Waals surface area (Å²) in [4.78, 5) is 26.6. The number of hydrogen-bond donors (Lipinski definition) is 2. The Morgan fingerprint density at radius 3 is 2.68 bits per heavy atom. The molecular formula is C17H29N3O2. The number of carbonyl (C=O) groups is 2. The molecule has 3 N–H and O–H groups in total. The summed E-state index contributed by atoms with van der Waals surface area (Å²) in [6, 6.07) is 0.174. The van der Waals surface area contributed by atoms with Gasteiger partial charge in [0.1, 0.15) is 0 Å². The summed E-state index contributed by atoms with van der Waals surface area (Å²) in [6.07, 6.45) is 6.89. The first-order chi connectivity index (χ1) is 10.6. The molecule has 3 aliphatic rings. The Labute approximate surface area is 133 Å². The Morgan fingerprint density at radius 1 is 1.23 bits per heavy atom. The van der Waals surface area contributed by atoms with Gasteiger partial charge in [-0.2, -0.15) is 0 Å². The molecule has 0 aromatic heterocycles. The number of piperidine rings is 1. The maximum absolute atomic E-state index is 12.9. The lowest BCUT2D eigenvalue weighted by molar-refractivity contribution is -0.139. The first-order valence-electron chi connectivity index (χ1n) is 8.94.